The van der Waals surface area contributed by atoms with Gasteiger partial charge in [-0.1, -0.05) is 6.92 Å². The van der Waals surface area contributed by atoms with Crippen molar-refractivity contribution in [2.75, 3.05) is 12.3 Å². The number of anilines is 1. The van der Waals surface area contributed by atoms with Crippen molar-refractivity contribution in [1.82, 2.24) is 19.7 Å². The average Bonchev–Trinajstić information content (AvgIpc) is 2.71. The van der Waals surface area contributed by atoms with Crippen molar-refractivity contribution in [3.05, 3.63) is 22.6 Å². The molecule has 0 fully saturated rings. The minimum absolute atomic E-state index is 0.264. The summed E-state index contributed by atoms with van der Waals surface area (Å²) in [6, 6.07) is 3.49. The van der Waals surface area contributed by atoms with Crippen molar-refractivity contribution in [2.24, 2.45) is 7.05 Å². The second-order valence-electron chi connectivity index (χ2n) is 3.86. The molecule has 0 bridgehead atoms. The predicted molar refractivity (Wildman–Crippen MR) is 72.4 cm³/mol. The van der Waals surface area contributed by atoms with Crippen molar-refractivity contribution in [1.29, 1.82) is 0 Å². The lowest BCUT2D eigenvalue weighted by atomic mass is 10.4. The minimum atomic E-state index is -0.264. The number of H-pyrrole nitrogens is 1. The molecular formula is C11H15N5O2S. The molecule has 0 saturated carbocycles. The van der Waals surface area contributed by atoms with Crippen LogP contribution in [0.15, 0.2) is 27.1 Å². The van der Waals surface area contributed by atoms with E-state index in [-0.39, 0.29) is 5.69 Å². The maximum absolute atomic E-state index is 11.3. The monoisotopic (exact) mass is 281 g/mol. The molecular weight excluding hydrogens is 266 g/mol. The van der Waals surface area contributed by atoms with Crippen LogP contribution in [0, 0.1) is 0 Å². The van der Waals surface area contributed by atoms with E-state index in [0.29, 0.717) is 28.4 Å². The smallest absolute Gasteiger partial charge is 0.343 e. The second kappa shape index (κ2) is 5.79. The van der Waals surface area contributed by atoms with Gasteiger partial charge < -0.3 is 10.5 Å². The number of rotatable bonds is 5. The number of nitrogens with one attached hydrogen (secondary N) is 1. The lowest BCUT2D eigenvalue weighted by Gasteiger charge is -2.08. The van der Waals surface area contributed by atoms with Crippen LogP contribution in [0.5, 0.6) is 5.88 Å². The quantitative estimate of drug-likeness (QED) is 0.849. The number of aromatic amines is 1. The predicted octanol–water partition coefficient (Wildman–Crippen LogP) is 1.03. The van der Waals surface area contributed by atoms with E-state index in [9.17, 15) is 4.79 Å². The van der Waals surface area contributed by atoms with E-state index in [1.165, 1.54) is 16.3 Å². The highest BCUT2D eigenvalue weighted by atomic mass is 32.2. The Hall–Kier alpha value is -1.96. The Morgan fingerprint density at radius 1 is 1.53 bits per heavy atom. The van der Waals surface area contributed by atoms with E-state index in [1.54, 1.807) is 19.2 Å². The number of aromatic nitrogens is 4. The third kappa shape index (κ3) is 3.08. The summed E-state index contributed by atoms with van der Waals surface area (Å²) >= 11 is 1.27. The molecule has 2 aromatic rings. The molecule has 0 aliphatic rings. The number of nitrogens with two attached hydrogens (primary N) is 1. The summed E-state index contributed by atoms with van der Waals surface area (Å²) < 4.78 is 6.87. The van der Waals surface area contributed by atoms with Crippen molar-refractivity contribution in [2.45, 2.75) is 23.5 Å². The Morgan fingerprint density at radius 2 is 2.32 bits per heavy atom. The maximum atomic E-state index is 11.3. The van der Waals surface area contributed by atoms with Gasteiger partial charge in [-0.2, -0.15) is 0 Å². The summed E-state index contributed by atoms with van der Waals surface area (Å²) in [6.45, 7) is 2.57. The molecule has 0 atom stereocenters. The summed E-state index contributed by atoms with van der Waals surface area (Å²) in [5, 5.41) is 7.47. The number of nitrogens with zero attached hydrogens (tertiary/aromatic N) is 3. The molecule has 102 valence electrons. The number of hydrogen-bond donors (Lipinski definition) is 2. The third-order valence-electron chi connectivity index (χ3n) is 2.34. The SMILES string of the molecule is CCCOc1nc(Sc2n[nH]c(=O)n2C)ccc1N. The lowest BCUT2D eigenvalue weighted by Crippen LogP contribution is -2.12. The van der Waals surface area contributed by atoms with Crippen molar-refractivity contribution in [3.8, 4) is 5.88 Å². The summed E-state index contributed by atoms with van der Waals surface area (Å²) in [5.41, 5.74) is 6.01. The van der Waals surface area contributed by atoms with Gasteiger partial charge in [0, 0.05) is 7.05 Å². The van der Waals surface area contributed by atoms with Crippen molar-refractivity contribution < 1.29 is 4.74 Å². The van der Waals surface area contributed by atoms with E-state index in [0.717, 1.165) is 6.42 Å². The molecule has 19 heavy (non-hydrogen) atoms. The first kappa shape index (κ1) is 13.5. The molecule has 2 rings (SSSR count). The molecule has 0 aromatic carbocycles. The van der Waals surface area contributed by atoms with Gasteiger partial charge in [0.1, 0.15) is 5.03 Å². The molecule has 0 unspecified atom stereocenters. The van der Waals surface area contributed by atoms with Gasteiger partial charge in [-0.15, -0.1) is 5.10 Å². The van der Waals surface area contributed by atoms with Crippen LogP contribution in [0.4, 0.5) is 5.69 Å². The summed E-state index contributed by atoms with van der Waals surface area (Å²) in [4.78, 5) is 15.6. The molecule has 2 aromatic heterocycles. The Bertz CT molecular complexity index is 622. The first-order valence-electron chi connectivity index (χ1n) is 5.80. The topological polar surface area (TPSA) is 98.8 Å². The van der Waals surface area contributed by atoms with Gasteiger partial charge in [0.05, 0.1) is 12.3 Å². The van der Waals surface area contributed by atoms with Gasteiger partial charge in [-0.3, -0.25) is 4.57 Å². The van der Waals surface area contributed by atoms with Crippen LogP contribution in [-0.4, -0.2) is 26.4 Å². The van der Waals surface area contributed by atoms with Crippen LogP contribution >= 0.6 is 11.8 Å². The van der Waals surface area contributed by atoms with Crippen LogP contribution in [-0.2, 0) is 7.05 Å². The number of ether oxygens (including phenoxy) is 1. The highest BCUT2D eigenvalue weighted by Gasteiger charge is 2.10. The van der Waals surface area contributed by atoms with Gasteiger partial charge in [0.25, 0.3) is 0 Å². The fraction of sp³-hybridized carbons (Fsp3) is 0.364. The zero-order chi connectivity index (χ0) is 13.8. The zero-order valence-corrected chi connectivity index (χ0v) is 11.5. The Kier molecular flexibility index (Phi) is 4.10. The van der Waals surface area contributed by atoms with Crippen LogP contribution in [0.3, 0.4) is 0 Å². The van der Waals surface area contributed by atoms with E-state index in [4.69, 9.17) is 10.5 Å². The molecule has 8 heteroatoms. The zero-order valence-electron chi connectivity index (χ0n) is 10.7. The Labute approximate surface area is 114 Å². The molecule has 0 aliphatic carbocycles. The van der Waals surface area contributed by atoms with Crippen molar-refractivity contribution >= 4 is 17.4 Å². The molecule has 0 spiro atoms. The first-order valence-corrected chi connectivity index (χ1v) is 6.62. The molecule has 0 aliphatic heterocycles. The fourth-order valence-electron chi connectivity index (χ4n) is 1.32. The summed E-state index contributed by atoms with van der Waals surface area (Å²) in [7, 11) is 1.64. The van der Waals surface area contributed by atoms with E-state index >= 15 is 0 Å². The Balaban J connectivity index is 2.21. The molecule has 3 N–H and O–H groups in total. The largest absolute Gasteiger partial charge is 0.476 e. The highest BCUT2D eigenvalue weighted by Crippen LogP contribution is 2.27. The van der Waals surface area contributed by atoms with Crippen LogP contribution < -0.4 is 16.2 Å². The summed E-state index contributed by atoms with van der Waals surface area (Å²) in [5.74, 6) is 0.410. The standard InChI is InChI=1S/C11H15N5O2S/c1-3-6-18-9-7(12)4-5-8(13-9)19-11-15-14-10(17)16(11)2/h4-5H,3,6,12H2,1-2H3,(H,14,17). The van der Waals surface area contributed by atoms with Crippen LogP contribution in [0.25, 0.3) is 0 Å². The molecule has 2 heterocycles. The molecule has 7 nitrogen and oxygen atoms in total. The fourth-order valence-corrected chi connectivity index (χ4v) is 2.09. The van der Waals surface area contributed by atoms with Gasteiger partial charge in [0.2, 0.25) is 5.88 Å². The van der Waals surface area contributed by atoms with E-state index < -0.39 is 0 Å². The van der Waals surface area contributed by atoms with Gasteiger partial charge >= 0.3 is 5.69 Å². The normalized spacial score (nSPS) is 10.6. The van der Waals surface area contributed by atoms with E-state index in [2.05, 4.69) is 15.2 Å². The maximum Gasteiger partial charge on any atom is 0.343 e. The Morgan fingerprint density at radius 3 is 2.95 bits per heavy atom. The first-order chi connectivity index (χ1) is 9.11. The number of hydrogen-bond acceptors (Lipinski definition) is 6. The lowest BCUT2D eigenvalue weighted by molar-refractivity contribution is 0.305. The minimum Gasteiger partial charge on any atom is -0.476 e. The van der Waals surface area contributed by atoms with Gasteiger partial charge in [0.15, 0.2) is 5.16 Å². The van der Waals surface area contributed by atoms with Gasteiger partial charge in [-0.25, -0.2) is 14.9 Å². The molecule has 0 saturated heterocycles. The molecule has 0 amide bonds. The number of nitrogen functional groups attached to an aromatic ring is 1. The van der Waals surface area contributed by atoms with Crippen molar-refractivity contribution in [3.63, 3.8) is 0 Å². The number of pyridine rings is 1. The highest BCUT2D eigenvalue weighted by molar-refractivity contribution is 7.99. The molecule has 0 radical (unpaired) electrons. The van der Waals surface area contributed by atoms with Crippen LogP contribution in [0.1, 0.15) is 13.3 Å². The second-order valence-corrected chi connectivity index (χ2v) is 4.85. The third-order valence-corrected chi connectivity index (χ3v) is 3.33. The van der Waals surface area contributed by atoms with E-state index in [1.807, 2.05) is 6.92 Å². The average molecular weight is 281 g/mol. The summed E-state index contributed by atoms with van der Waals surface area (Å²) in [6.07, 6.45) is 0.881. The van der Waals surface area contributed by atoms with Gasteiger partial charge in [-0.05, 0) is 30.3 Å². The van der Waals surface area contributed by atoms with Crippen LogP contribution in [0.2, 0.25) is 0 Å².